The molecule has 0 unspecified atom stereocenters. The fourth-order valence-electron chi connectivity index (χ4n) is 2.82. The molecule has 1 N–H and O–H groups in total. The van der Waals surface area contributed by atoms with Crippen molar-refractivity contribution in [1.29, 1.82) is 0 Å². The number of nitrogens with one attached hydrogen (secondary N) is 1. The molecule has 0 aliphatic carbocycles. The van der Waals surface area contributed by atoms with Gasteiger partial charge in [0.15, 0.2) is 0 Å². The minimum Gasteiger partial charge on any atom is -0.452 e. The van der Waals surface area contributed by atoms with Crippen LogP contribution in [0.3, 0.4) is 0 Å². The Hall–Kier alpha value is -2.28. The molecular formula is C17H25N3O4. The summed E-state index contributed by atoms with van der Waals surface area (Å²) in [4.78, 5) is 27.1. The van der Waals surface area contributed by atoms with Crippen molar-refractivity contribution in [1.82, 2.24) is 4.90 Å². The van der Waals surface area contributed by atoms with Gasteiger partial charge in [-0.05, 0) is 45.0 Å². The van der Waals surface area contributed by atoms with Gasteiger partial charge in [-0.2, -0.15) is 0 Å². The van der Waals surface area contributed by atoms with Gasteiger partial charge >= 0.3 is 12.1 Å². The zero-order chi connectivity index (χ0) is 17.9. The topological polar surface area (TPSA) is 71.1 Å². The molecule has 24 heavy (non-hydrogen) atoms. The standard InChI is InChI=1S/C17H25N3O4/c1-12-10-20(11-17(2,3)24-12)15(21)18-13-6-8-14(9-7-13)19(4)16(22)23-5/h6-9,12H,10-11H2,1-5H3,(H,18,21)/t12-/m0/s1. The summed E-state index contributed by atoms with van der Waals surface area (Å²) in [6.07, 6.45) is -0.452. The number of anilines is 2. The van der Waals surface area contributed by atoms with Gasteiger partial charge in [-0.25, -0.2) is 9.59 Å². The van der Waals surface area contributed by atoms with Crippen molar-refractivity contribution in [3.05, 3.63) is 24.3 Å². The van der Waals surface area contributed by atoms with Crippen molar-refractivity contribution in [2.24, 2.45) is 0 Å². The van der Waals surface area contributed by atoms with E-state index in [1.165, 1.54) is 12.0 Å². The van der Waals surface area contributed by atoms with Gasteiger partial charge in [0.2, 0.25) is 0 Å². The van der Waals surface area contributed by atoms with Crippen LogP contribution in [0, 0.1) is 0 Å². The van der Waals surface area contributed by atoms with Crippen molar-refractivity contribution in [2.75, 3.05) is 37.5 Å². The molecule has 0 bridgehead atoms. The first-order chi connectivity index (χ1) is 11.2. The third-order valence-corrected chi connectivity index (χ3v) is 3.81. The highest BCUT2D eigenvalue weighted by molar-refractivity contribution is 5.91. The van der Waals surface area contributed by atoms with E-state index in [1.807, 2.05) is 20.8 Å². The maximum absolute atomic E-state index is 12.4. The molecule has 7 heteroatoms. The maximum Gasteiger partial charge on any atom is 0.413 e. The summed E-state index contributed by atoms with van der Waals surface area (Å²) >= 11 is 0. The van der Waals surface area contributed by atoms with E-state index in [9.17, 15) is 9.59 Å². The van der Waals surface area contributed by atoms with E-state index in [1.54, 1.807) is 36.2 Å². The Morgan fingerprint density at radius 2 is 1.96 bits per heavy atom. The van der Waals surface area contributed by atoms with Crippen LogP contribution in [-0.4, -0.2) is 56.0 Å². The van der Waals surface area contributed by atoms with Crippen LogP contribution in [0.4, 0.5) is 21.0 Å². The number of carbonyl (C=O) groups excluding carboxylic acids is 2. The molecule has 1 fully saturated rings. The normalized spacial score (nSPS) is 19.5. The van der Waals surface area contributed by atoms with Crippen molar-refractivity contribution >= 4 is 23.5 Å². The lowest BCUT2D eigenvalue weighted by atomic mass is 10.1. The number of ether oxygens (including phenoxy) is 2. The molecule has 0 spiro atoms. The predicted octanol–water partition coefficient (Wildman–Crippen LogP) is 2.92. The third kappa shape index (κ3) is 4.38. The fourth-order valence-corrected chi connectivity index (χ4v) is 2.82. The smallest absolute Gasteiger partial charge is 0.413 e. The van der Waals surface area contributed by atoms with Gasteiger partial charge in [-0.15, -0.1) is 0 Å². The second-order valence-electron chi connectivity index (χ2n) is 6.57. The first kappa shape index (κ1) is 18.1. The number of nitrogens with zero attached hydrogens (tertiary/aromatic N) is 2. The molecule has 132 valence electrons. The lowest BCUT2D eigenvalue weighted by Crippen LogP contribution is -2.54. The monoisotopic (exact) mass is 335 g/mol. The molecule has 1 heterocycles. The van der Waals surface area contributed by atoms with Gasteiger partial charge in [0.05, 0.1) is 25.4 Å². The molecular weight excluding hydrogens is 310 g/mol. The van der Waals surface area contributed by atoms with Crippen LogP contribution in [0.15, 0.2) is 24.3 Å². The SMILES string of the molecule is COC(=O)N(C)c1ccc(NC(=O)N2C[C@H](C)OC(C)(C)C2)cc1. The molecule has 2 rings (SSSR count). The summed E-state index contributed by atoms with van der Waals surface area (Å²) < 4.78 is 10.5. The highest BCUT2D eigenvalue weighted by Gasteiger charge is 2.33. The second-order valence-corrected chi connectivity index (χ2v) is 6.57. The number of morpholine rings is 1. The van der Waals surface area contributed by atoms with E-state index >= 15 is 0 Å². The predicted molar refractivity (Wildman–Crippen MR) is 92.5 cm³/mol. The summed E-state index contributed by atoms with van der Waals surface area (Å²) in [6.45, 7) is 6.99. The Kier molecular flexibility index (Phi) is 5.33. The molecule has 0 radical (unpaired) electrons. The Labute approximate surface area is 142 Å². The maximum atomic E-state index is 12.4. The number of urea groups is 1. The van der Waals surface area contributed by atoms with E-state index in [0.29, 0.717) is 24.5 Å². The molecule has 1 aromatic carbocycles. The molecule has 1 aliphatic heterocycles. The van der Waals surface area contributed by atoms with E-state index in [2.05, 4.69) is 10.1 Å². The average molecular weight is 335 g/mol. The number of hydrogen-bond acceptors (Lipinski definition) is 4. The number of hydrogen-bond donors (Lipinski definition) is 1. The van der Waals surface area contributed by atoms with E-state index in [4.69, 9.17) is 4.74 Å². The average Bonchev–Trinajstić information content (AvgIpc) is 2.52. The van der Waals surface area contributed by atoms with Gasteiger partial charge in [-0.3, -0.25) is 4.90 Å². The van der Waals surface area contributed by atoms with Gasteiger partial charge in [0, 0.05) is 25.0 Å². The molecule has 1 aromatic rings. The first-order valence-electron chi connectivity index (χ1n) is 7.87. The van der Waals surface area contributed by atoms with Gasteiger partial charge in [-0.1, -0.05) is 0 Å². The van der Waals surface area contributed by atoms with Crippen LogP contribution < -0.4 is 10.2 Å². The Bertz CT molecular complexity index is 600. The largest absolute Gasteiger partial charge is 0.452 e. The number of benzene rings is 1. The Morgan fingerprint density at radius 1 is 1.33 bits per heavy atom. The summed E-state index contributed by atoms with van der Waals surface area (Å²) in [7, 11) is 2.95. The van der Waals surface area contributed by atoms with Gasteiger partial charge in [0.25, 0.3) is 0 Å². The third-order valence-electron chi connectivity index (χ3n) is 3.81. The van der Waals surface area contributed by atoms with Crippen molar-refractivity contribution in [2.45, 2.75) is 32.5 Å². The molecule has 0 aromatic heterocycles. The van der Waals surface area contributed by atoms with Crippen LogP contribution in [0.2, 0.25) is 0 Å². The van der Waals surface area contributed by atoms with E-state index < -0.39 is 6.09 Å². The summed E-state index contributed by atoms with van der Waals surface area (Å²) in [5, 5.41) is 2.88. The van der Waals surface area contributed by atoms with Crippen LogP contribution in [0.1, 0.15) is 20.8 Å². The molecule has 7 nitrogen and oxygen atoms in total. The number of carbonyl (C=O) groups is 2. The van der Waals surface area contributed by atoms with Gasteiger partial charge in [0.1, 0.15) is 0 Å². The molecule has 1 atom stereocenters. The van der Waals surface area contributed by atoms with Crippen molar-refractivity contribution in [3.63, 3.8) is 0 Å². The highest BCUT2D eigenvalue weighted by Crippen LogP contribution is 2.22. The van der Waals surface area contributed by atoms with E-state index in [-0.39, 0.29) is 17.7 Å². The summed E-state index contributed by atoms with van der Waals surface area (Å²) in [5.74, 6) is 0. The number of methoxy groups -OCH3 is 1. The minimum atomic E-state index is -0.448. The Morgan fingerprint density at radius 3 is 2.50 bits per heavy atom. The lowest BCUT2D eigenvalue weighted by molar-refractivity contribution is -0.116. The van der Waals surface area contributed by atoms with Crippen LogP contribution in [0.5, 0.6) is 0 Å². The number of amides is 3. The summed E-state index contributed by atoms with van der Waals surface area (Å²) in [5.41, 5.74) is 0.988. The minimum absolute atomic E-state index is 0.00409. The molecule has 3 amide bonds. The zero-order valence-corrected chi connectivity index (χ0v) is 14.8. The van der Waals surface area contributed by atoms with Crippen LogP contribution in [-0.2, 0) is 9.47 Å². The molecule has 0 saturated carbocycles. The summed E-state index contributed by atoms with van der Waals surface area (Å²) in [6, 6.07) is 6.84. The molecule has 1 saturated heterocycles. The van der Waals surface area contributed by atoms with Crippen LogP contribution in [0.25, 0.3) is 0 Å². The lowest BCUT2D eigenvalue weighted by Gasteiger charge is -2.41. The molecule has 1 aliphatic rings. The van der Waals surface area contributed by atoms with Crippen molar-refractivity contribution < 1.29 is 19.1 Å². The van der Waals surface area contributed by atoms with Crippen LogP contribution >= 0.6 is 0 Å². The fraction of sp³-hybridized carbons (Fsp3) is 0.529. The first-order valence-corrected chi connectivity index (χ1v) is 7.87. The van der Waals surface area contributed by atoms with E-state index in [0.717, 1.165) is 0 Å². The quantitative estimate of drug-likeness (QED) is 0.902. The zero-order valence-electron chi connectivity index (χ0n) is 14.8. The number of rotatable bonds is 2. The Balaban J connectivity index is 2.00. The highest BCUT2D eigenvalue weighted by atomic mass is 16.5. The van der Waals surface area contributed by atoms with Gasteiger partial charge < -0.3 is 19.7 Å². The second kappa shape index (κ2) is 7.09. The van der Waals surface area contributed by atoms with Crippen molar-refractivity contribution in [3.8, 4) is 0 Å².